The molecule has 0 bridgehead atoms. The summed E-state index contributed by atoms with van der Waals surface area (Å²) in [4.78, 5) is 22.0. The molecule has 0 aromatic rings. The zero-order chi connectivity index (χ0) is 18.8. The third kappa shape index (κ3) is 19.7. The molecule has 0 spiro atoms. The van der Waals surface area contributed by atoms with Crippen LogP contribution in [0.25, 0.3) is 0 Å². The molecule has 0 unspecified atom stereocenters. The average Bonchev–Trinajstić information content (AvgIpc) is 2.58. The second kappa shape index (κ2) is 20.7. The number of carbonyl (C=O) groups is 2. The predicted molar refractivity (Wildman–Crippen MR) is 102 cm³/mol. The van der Waals surface area contributed by atoms with Gasteiger partial charge in [-0.05, 0) is 45.4 Å². The van der Waals surface area contributed by atoms with Gasteiger partial charge in [-0.1, -0.05) is 63.3 Å². The molecule has 0 fully saturated rings. The van der Waals surface area contributed by atoms with E-state index >= 15 is 0 Å². The Balaban J connectivity index is 0. The number of carboxylic acids is 1. The molecule has 26 heavy (non-hydrogen) atoms. The van der Waals surface area contributed by atoms with E-state index in [0.717, 1.165) is 32.1 Å². The van der Waals surface area contributed by atoms with Crippen LogP contribution in [0.3, 0.4) is 0 Å². The smallest absolute Gasteiger partial charge is 0.548 e. The molecule has 0 saturated heterocycles. The summed E-state index contributed by atoms with van der Waals surface area (Å²) >= 11 is 0. The van der Waals surface area contributed by atoms with E-state index in [2.05, 4.69) is 36.5 Å². The Morgan fingerprint density at radius 1 is 0.885 bits per heavy atom. The van der Waals surface area contributed by atoms with Crippen LogP contribution >= 0.6 is 0 Å². The Morgan fingerprint density at radius 2 is 1.42 bits per heavy atom. The van der Waals surface area contributed by atoms with Crippen molar-refractivity contribution in [3.63, 3.8) is 0 Å². The minimum atomic E-state index is -1.24. The van der Waals surface area contributed by atoms with E-state index in [4.69, 9.17) is 0 Å². The molecule has 144 valence electrons. The van der Waals surface area contributed by atoms with Gasteiger partial charge in [0.25, 0.3) is 0 Å². The molecule has 0 rings (SSSR count). The fourth-order valence-electron chi connectivity index (χ4n) is 2.47. The van der Waals surface area contributed by atoms with Crippen molar-refractivity contribution in [1.29, 1.82) is 0 Å². The molecule has 0 aromatic heterocycles. The number of nitrogens with one attached hydrogen (secondary N) is 1. The minimum absolute atomic E-state index is 0. The van der Waals surface area contributed by atoms with Gasteiger partial charge in [0, 0.05) is 6.42 Å². The summed E-state index contributed by atoms with van der Waals surface area (Å²) < 4.78 is 0. The number of rotatable bonds is 16. The van der Waals surface area contributed by atoms with Gasteiger partial charge in [0.2, 0.25) is 5.91 Å². The Kier molecular flexibility index (Phi) is 22.0. The second-order valence-electron chi connectivity index (χ2n) is 6.59. The quantitative estimate of drug-likeness (QED) is 0.250. The molecule has 0 saturated carbocycles. The number of hydrogen-bond acceptors (Lipinski definition) is 3. The van der Waals surface area contributed by atoms with Crippen molar-refractivity contribution in [2.75, 3.05) is 0 Å². The SMILES string of the molecule is CCCCC/C=C\C/C=C\CCCCCCCC(=O)N[C@@H](C)C(=O)[O-].[Na+]. The topological polar surface area (TPSA) is 69.2 Å². The first kappa shape index (κ1) is 27.6. The van der Waals surface area contributed by atoms with E-state index in [1.807, 2.05) is 0 Å². The van der Waals surface area contributed by atoms with Gasteiger partial charge in [0.15, 0.2) is 0 Å². The predicted octanol–water partition coefficient (Wildman–Crippen LogP) is 1.06. The molecule has 5 heteroatoms. The number of amides is 1. The van der Waals surface area contributed by atoms with Crippen molar-refractivity contribution in [3.8, 4) is 0 Å². The van der Waals surface area contributed by atoms with Gasteiger partial charge >= 0.3 is 29.6 Å². The Labute approximate surface area is 182 Å². The van der Waals surface area contributed by atoms with Crippen LogP contribution in [-0.4, -0.2) is 17.9 Å². The van der Waals surface area contributed by atoms with Gasteiger partial charge in [-0.25, -0.2) is 0 Å². The molecule has 0 heterocycles. The van der Waals surface area contributed by atoms with Crippen LogP contribution in [0.1, 0.15) is 90.9 Å². The van der Waals surface area contributed by atoms with Gasteiger partial charge < -0.3 is 15.2 Å². The van der Waals surface area contributed by atoms with E-state index in [1.165, 1.54) is 45.4 Å². The maximum atomic E-state index is 11.5. The molecular formula is C21H36NNaO3. The van der Waals surface area contributed by atoms with Crippen LogP contribution in [0.4, 0.5) is 0 Å². The molecule has 0 aliphatic carbocycles. The van der Waals surface area contributed by atoms with E-state index in [1.54, 1.807) is 0 Å². The number of aliphatic carboxylic acids is 1. The summed E-state index contributed by atoms with van der Waals surface area (Å²) in [7, 11) is 0. The molecule has 0 radical (unpaired) electrons. The van der Waals surface area contributed by atoms with Gasteiger partial charge in [-0.3, -0.25) is 4.79 Å². The molecule has 0 aliphatic rings. The van der Waals surface area contributed by atoms with Gasteiger partial charge in [-0.2, -0.15) is 0 Å². The van der Waals surface area contributed by atoms with Crippen LogP contribution in [0, 0.1) is 0 Å². The van der Waals surface area contributed by atoms with Crippen LogP contribution in [0.5, 0.6) is 0 Å². The maximum absolute atomic E-state index is 11.5. The first-order valence-electron chi connectivity index (χ1n) is 9.88. The van der Waals surface area contributed by atoms with Crippen molar-refractivity contribution >= 4 is 11.9 Å². The zero-order valence-electron chi connectivity index (χ0n) is 17.1. The second-order valence-corrected chi connectivity index (χ2v) is 6.59. The number of allylic oxidation sites excluding steroid dienone is 4. The van der Waals surface area contributed by atoms with E-state index < -0.39 is 12.0 Å². The minimum Gasteiger partial charge on any atom is -0.548 e. The van der Waals surface area contributed by atoms with Crippen LogP contribution in [-0.2, 0) is 9.59 Å². The third-order valence-corrected chi connectivity index (χ3v) is 4.09. The molecular weight excluding hydrogens is 337 g/mol. The Hall–Kier alpha value is -0.580. The van der Waals surface area contributed by atoms with Crippen molar-refractivity contribution in [1.82, 2.24) is 5.32 Å². The fraction of sp³-hybridized carbons (Fsp3) is 0.714. The molecule has 1 amide bonds. The molecule has 4 nitrogen and oxygen atoms in total. The summed E-state index contributed by atoms with van der Waals surface area (Å²) in [6.07, 6.45) is 22.0. The van der Waals surface area contributed by atoms with Gasteiger partial charge in [0.05, 0.1) is 12.0 Å². The first-order chi connectivity index (χ1) is 12.1. The van der Waals surface area contributed by atoms with Crippen LogP contribution in [0.2, 0.25) is 0 Å². The average molecular weight is 374 g/mol. The fourth-order valence-corrected chi connectivity index (χ4v) is 2.47. The van der Waals surface area contributed by atoms with Crippen molar-refractivity contribution < 1.29 is 44.3 Å². The summed E-state index contributed by atoms with van der Waals surface area (Å²) in [5.41, 5.74) is 0. The van der Waals surface area contributed by atoms with Crippen LogP contribution in [0.15, 0.2) is 24.3 Å². The summed E-state index contributed by atoms with van der Waals surface area (Å²) in [6.45, 7) is 3.65. The molecule has 1 N–H and O–H groups in total. The summed E-state index contributed by atoms with van der Waals surface area (Å²) in [5.74, 6) is -1.45. The van der Waals surface area contributed by atoms with Crippen molar-refractivity contribution in [2.45, 2.75) is 96.9 Å². The Bertz CT molecular complexity index is 408. The van der Waals surface area contributed by atoms with Crippen LogP contribution < -0.4 is 40.0 Å². The van der Waals surface area contributed by atoms with Gasteiger partial charge in [-0.15, -0.1) is 0 Å². The summed E-state index contributed by atoms with van der Waals surface area (Å²) in [6, 6.07) is -0.912. The van der Waals surface area contributed by atoms with E-state index in [-0.39, 0.29) is 35.5 Å². The number of hydrogen-bond donors (Lipinski definition) is 1. The third-order valence-electron chi connectivity index (χ3n) is 4.09. The summed E-state index contributed by atoms with van der Waals surface area (Å²) in [5, 5.41) is 12.9. The normalized spacial score (nSPS) is 12.2. The largest absolute Gasteiger partial charge is 1.00 e. The first-order valence-corrected chi connectivity index (χ1v) is 9.88. The number of carbonyl (C=O) groups excluding carboxylic acids is 2. The van der Waals surface area contributed by atoms with E-state index in [9.17, 15) is 14.7 Å². The molecule has 1 atom stereocenters. The van der Waals surface area contributed by atoms with E-state index in [0.29, 0.717) is 6.42 Å². The van der Waals surface area contributed by atoms with Crippen molar-refractivity contribution in [3.05, 3.63) is 24.3 Å². The zero-order valence-corrected chi connectivity index (χ0v) is 19.1. The standard InChI is InChI=1S/C21H37NO3.Na/c1-3-4-5-6-7-8-9-10-11-12-13-14-15-16-17-18-20(23)22-19(2)21(24)25;/h7-8,10-11,19H,3-6,9,12-18H2,1-2H3,(H,22,23)(H,24,25);/q;+1/p-1/b8-7-,11-10-;/t19-;/m0./s1. The van der Waals surface area contributed by atoms with Gasteiger partial charge in [0.1, 0.15) is 0 Å². The monoisotopic (exact) mass is 373 g/mol. The maximum Gasteiger partial charge on any atom is 1.00 e. The molecule has 0 aromatic carbocycles. The number of unbranched alkanes of at least 4 members (excludes halogenated alkanes) is 8. The molecule has 0 aliphatic heterocycles. The Morgan fingerprint density at radius 3 is 2.00 bits per heavy atom. The number of carboxylic acid groups (broad SMARTS) is 1. The van der Waals surface area contributed by atoms with Crippen molar-refractivity contribution in [2.24, 2.45) is 0 Å².